The van der Waals surface area contributed by atoms with Gasteiger partial charge in [0.15, 0.2) is 11.3 Å². The van der Waals surface area contributed by atoms with Crippen molar-refractivity contribution in [2.45, 2.75) is 19.1 Å². The molecule has 0 spiro atoms. The molecule has 0 aliphatic rings. The summed E-state index contributed by atoms with van der Waals surface area (Å²) < 4.78 is 11.5. The van der Waals surface area contributed by atoms with Crippen LogP contribution in [0.15, 0.2) is 47.1 Å². The van der Waals surface area contributed by atoms with Crippen molar-refractivity contribution in [1.82, 2.24) is 5.32 Å². The highest BCUT2D eigenvalue weighted by atomic mass is 32.1. The molecule has 0 radical (unpaired) electrons. The van der Waals surface area contributed by atoms with Crippen molar-refractivity contribution in [2.24, 2.45) is 0 Å². The zero-order chi connectivity index (χ0) is 15.6. The first-order valence-electron chi connectivity index (χ1n) is 7.21. The fraction of sp³-hybridized carbons (Fsp3) is 0.294. The summed E-state index contributed by atoms with van der Waals surface area (Å²) in [6, 6.07) is 11.4. The molecule has 5 heteroatoms. The van der Waals surface area contributed by atoms with Crippen molar-refractivity contribution in [3.63, 3.8) is 0 Å². The number of hydrogen-bond acceptors (Lipinski definition) is 5. The molecule has 0 bridgehead atoms. The zero-order valence-corrected chi connectivity index (χ0v) is 13.4. The quantitative estimate of drug-likeness (QED) is 0.682. The number of aryl methyl sites for hydroxylation is 1. The smallest absolute Gasteiger partial charge is 0.245 e. The van der Waals surface area contributed by atoms with Crippen LogP contribution in [0.25, 0.3) is 11.0 Å². The highest BCUT2D eigenvalue weighted by Gasteiger charge is 2.33. The molecular weight excluding hydrogens is 298 g/mol. The van der Waals surface area contributed by atoms with Crippen LogP contribution in [0.5, 0.6) is 5.75 Å². The van der Waals surface area contributed by atoms with Crippen LogP contribution in [0.2, 0.25) is 0 Å². The number of aliphatic hydroxyl groups is 1. The lowest BCUT2D eigenvalue weighted by molar-refractivity contribution is -0.147. The first-order valence-corrected chi connectivity index (χ1v) is 8.03. The number of furan rings is 1. The Labute approximate surface area is 133 Å². The molecule has 0 saturated carbocycles. The van der Waals surface area contributed by atoms with Crippen molar-refractivity contribution >= 4 is 22.3 Å². The van der Waals surface area contributed by atoms with Gasteiger partial charge in [-0.1, -0.05) is 12.1 Å². The number of thiophene rings is 1. The standard InChI is InChI=1S/C17H19NO3S/c1-12-6-7-15(22-12)17(19,9-10-18-2)21-14-5-3-4-13-8-11-20-16(13)14/h3-8,11,18-19H,9-10H2,1-2H3/t17-/m1/s1. The Hall–Kier alpha value is -1.82. The minimum atomic E-state index is -1.37. The Morgan fingerprint density at radius 2 is 2.14 bits per heavy atom. The monoisotopic (exact) mass is 317 g/mol. The van der Waals surface area contributed by atoms with Crippen molar-refractivity contribution in [1.29, 1.82) is 0 Å². The van der Waals surface area contributed by atoms with E-state index in [-0.39, 0.29) is 0 Å². The van der Waals surface area contributed by atoms with E-state index in [1.807, 2.05) is 50.4 Å². The lowest BCUT2D eigenvalue weighted by Gasteiger charge is -2.28. The number of benzene rings is 1. The van der Waals surface area contributed by atoms with E-state index in [1.165, 1.54) is 11.3 Å². The third-order valence-electron chi connectivity index (χ3n) is 3.56. The molecule has 2 N–H and O–H groups in total. The number of rotatable bonds is 6. The molecule has 3 rings (SSSR count). The second-order valence-electron chi connectivity index (χ2n) is 5.25. The topological polar surface area (TPSA) is 54.6 Å². The van der Waals surface area contributed by atoms with E-state index in [2.05, 4.69) is 5.32 Å². The SMILES string of the molecule is CNCC[C@@](O)(Oc1cccc2ccoc12)c1ccc(C)s1. The summed E-state index contributed by atoms with van der Waals surface area (Å²) in [7, 11) is 1.85. The summed E-state index contributed by atoms with van der Waals surface area (Å²) >= 11 is 1.54. The molecule has 0 saturated heterocycles. The molecule has 4 nitrogen and oxygen atoms in total. The molecule has 2 heterocycles. The number of nitrogens with one attached hydrogen (secondary N) is 1. The first-order chi connectivity index (χ1) is 10.6. The maximum absolute atomic E-state index is 11.1. The van der Waals surface area contributed by atoms with Gasteiger partial charge in [0.1, 0.15) is 0 Å². The molecular formula is C17H19NO3S. The first kappa shape index (κ1) is 15.1. The fourth-order valence-corrected chi connectivity index (χ4v) is 3.31. The van der Waals surface area contributed by atoms with Crippen LogP contribution >= 0.6 is 11.3 Å². The normalized spacial score (nSPS) is 14.1. The van der Waals surface area contributed by atoms with Crippen LogP contribution in [-0.2, 0) is 5.79 Å². The molecule has 0 aliphatic heterocycles. The second-order valence-corrected chi connectivity index (χ2v) is 6.53. The van der Waals surface area contributed by atoms with Gasteiger partial charge < -0.3 is 19.6 Å². The van der Waals surface area contributed by atoms with Gasteiger partial charge in [0.2, 0.25) is 5.79 Å². The van der Waals surface area contributed by atoms with Gasteiger partial charge in [-0.2, -0.15) is 0 Å². The lowest BCUT2D eigenvalue weighted by atomic mass is 10.1. The number of ether oxygens (including phenoxy) is 1. The predicted molar refractivity (Wildman–Crippen MR) is 88.3 cm³/mol. The Morgan fingerprint density at radius 1 is 1.27 bits per heavy atom. The van der Waals surface area contributed by atoms with Crippen molar-refractivity contribution in [3.05, 3.63) is 52.4 Å². The second kappa shape index (κ2) is 6.12. The maximum Gasteiger partial charge on any atom is 0.245 e. The maximum atomic E-state index is 11.1. The van der Waals surface area contributed by atoms with Crippen molar-refractivity contribution < 1.29 is 14.3 Å². The molecule has 0 unspecified atom stereocenters. The van der Waals surface area contributed by atoms with Gasteiger partial charge in [0, 0.05) is 23.2 Å². The van der Waals surface area contributed by atoms with Crippen molar-refractivity contribution in [2.75, 3.05) is 13.6 Å². The van der Waals surface area contributed by atoms with Crippen molar-refractivity contribution in [3.8, 4) is 5.75 Å². The minimum Gasteiger partial charge on any atom is -0.460 e. The Balaban J connectivity index is 1.97. The molecule has 1 atom stereocenters. The van der Waals surface area contributed by atoms with E-state index in [1.54, 1.807) is 6.26 Å². The summed E-state index contributed by atoms with van der Waals surface area (Å²) in [6.07, 6.45) is 2.07. The van der Waals surface area contributed by atoms with Gasteiger partial charge in [-0.15, -0.1) is 11.3 Å². The van der Waals surface area contributed by atoms with Crippen LogP contribution < -0.4 is 10.1 Å². The third-order valence-corrected chi connectivity index (χ3v) is 4.69. The molecule has 22 heavy (non-hydrogen) atoms. The number of para-hydroxylation sites is 1. The molecule has 3 aromatic rings. The average Bonchev–Trinajstić information content (AvgIpc) is 3.14. The van der Waals surface area contributed by atoms with Gasteiger partial charge in [0.25, 0.3) is 0 Å². The Bertz CT molecular complexity index is 764. The largest absolute Gasteiger partial charge is 0.460 e. The van der Waals surface area contributed by atoms with E-state index >= 15 is 0 Å². The summed E-state index contributed by atoms with van der Waals surface area (Å²) in [5, 5.41) is 15.1. The Kier molecular flexibility index (Phi) is 4.20. The van der Waals surface area contributed by atoms with E-state index < -0.39 is 5.79 Å². The number of fused-ring (bicyclic) bond motifs is 1. The molecule has 2 aromatic heterocycles. The molecule has 1 aromatic carbocycles. The van der Waals surface area contributed by atoms with Gasteiger partial charge in [-0.05, 0) is 38.2 Å². The van der Waals surface area contributed by atoms with Gasteiger partial charge in [0.05, 0.1) is 11.1 Å². The van der Waals surface area contributed by atoms with E-state index in [0.29, 0.717) is 24.3 Å². The molecule has 0 aliphatic carbocycles. The zero-order valence-electron chi connectivity index (χ0n) is 12.6. The van der Waals surface area contributed by atoms with Gasteiger partial charge >= 0.3 is 0 Å². The highest BCUT2D eigenvalue weighted by Crippen LogP contribution is 2.36. The van der Waals surface area contributed by atoms with Crippen LogP contribution in [0.1, 0.15) is 16.2 Å². The Morgan fingerprint density at radius 3 is 2.86 bits per heavy atom. The van der Waals surface area contributed by atoms with E-state index in [9.17, 15) is 5.11 Å². The summed E-state index contributed by atoms with van der Waals surface area (Å²) in [6.45, 7) is 2.65. The van der Waals surface area contributed by atoms with Crippen LogP contribution in [-0.4, -0.2) is 18.7 Å². The van der Waals surface area contributed by atoms with E-state index in [4.69, 9.17) is 9.15 Å². The van der Waals surface area contributed by atoms with Crippen LogP contribution in [0.3, 0.4) is 0 Å². The van der Waals surface area contributed by atoms with Crippen LogP contribution in [0, 0.1) is 6.92 Å². The molecule has 116 valence electrons. The molecule has 0 fully saturated rings. The van der Waals surface area contributed by atoms with Gasteiger partial charge in [-0.25, -0.2) is 0 Å². The minimum absolute atomic E-state index is 0.445. The predicted octanol–water partition coefficient (Wildman–Crippen LogP) is 3.64. The average molecular weight is 317 g/mol. The van der Waals surface area contributed by atoms with E-state index in [0.717, 1.165) is 15.1 Å². The fourth-order valence-electron chi connectivity index (χ4n) is 2.39. The summed E-state index contributed by atoms with van der Waals surface area (Å²) in [5.41, 5.74) is 0.652. The van der Waals surface area contributed by atoms with Crippen LogP contribution in [0.4, 0.5) is 0 Å². The number of hydrogen-bond donors (Lipinski definition) is 2. The summed E-state index contributed by atoms with van der Waals surface area (Å²) in [4.78, 5) is 1.93. The van der Waals surface area contributed by atoms with Gasteiger partial charge in [-0.3, -0.25) is 0 Å². The molecule has 0 amide bonds. The lowest BCUT2D eigenvalue weighted by Crippen LogP contribution is -2.35. The summed E-state index contributed by atoms with van der Waals surface area (Å²) in [5.74, 6) is -0.824. The highest BCUT2D eigenvalue weighted by molar-refractivity contribution is 7.12. The third kappa shape index (κ3) is 2.88.